The fraction of sp³-hybridized carbons (Fsp3) is 0.526. The van der Waals surface area contributed by atoms with Crippen LogP contribution in [0, 0.1) is 5.92 Å². The van der Waals surface area contributed by atoms with Gasteiger partial charge in [-0.2, -0.15) is 0 Å². The number of amides is 2. The van der Waals surface area contributed by atoms with Gasteiger partial charge in [0, 0.05) is 6.42 Å². The number of carbonyl (C=O) groups excluding carboxylic acids is 3. The Labute approximate surface area is 149 Å². The molecule has 0 saturated carbocycles. The molecule has 2 amide bonds. The Morgan fingerprint density at radius 2 is 1.72 bits per heavy atom. The Kier molecular flexibility index (Phi) is 7.61. The van der Waals surface area contributed by atoms with Crippen molar-refractivity contribution in [2.75, 3.05) is 0 Å². The van der Waals surface area contributed by atoms with E-state index in [0.717, 1.165) is 5.56 Å². The fourth-order valence-corrected chi connectivity index (χ4v) is 2.13. The lowest BCUT2D eigenvalue weighted by molar-refractivity contribution is -0.126. The number of rotatable bonds is 7. The first-order valence-electron chi connectivity index (χ1n) is 8.41. The van der Waals surface area contributed by atoms with Crippen molar-refractivity contribution in [2.45, 2.75) is 58.7 Å². The first kappa shape index (κ1) is 20.7. The molecule has 2 N–H and O–H groups in total. The summed E-state index contributed by atoms with van der Waals surface area (Å²) in [6.45, 7) is 8.93. The van der Waals surface area contributed by atoms with Gasteiger partial charge in [-0.15, -0.1) is 0 Å². The highest BCUT2D eigenvalue weighted by Gasteiger charge is 2.27. The van der Waals surface area contributed by atoms with Gasteiger partial charge in [-0.3, -0.25) is 4.79 Å². The molecular formula is C19H28N2O4. The van der Waals surface area contributed by atoms with Crippen LogP contribution in [0.2, 0.25) is 0 Å². The third kappa shape index (κ3) is 7.83. The van der Waals surface area contributed by atoms with Crippen LogP contribution in [0.4, 0.5) is 4.79 Å². The molecule has 0 aromatic heterocycles. The molecule has 0 radical (unpaired) electrons. The van der Waals surface area contributed by atoms with Crippen LogP contribution in [0.5, 0.6) is 0 Å². The van der Waals surface area contributed by atoms with E-state index in [1.165, 1.54) is 0 Å². The first-order chi connectivity index (χ1) is 11.6. The third-order valence-electron chi connectivity index (χ3n) is 3.46. The predicted octanol–water partition coefficient (Wildman–Crippen LogP) is 2.46. The minimum absolute atomic E-state index is 0.0413. The van der Waals surface area contributed by atoms with E-state index in [2.05, 4.69) is 10.6 Å². The summed E-state index contributed by atoms with van der Waals surface area (Å²) in [5, 5.41) is 5.28. The molecule has 1 rings (SSSR count). The van der Waals surface area contributed by atoms with Crippen LogP contribution in [0.3, 0.4) is 0 Å². The van der Waals surface area contributed by atoms with Crippen molar-refractivity contribution >= 4 is 18.3 Å². The van der Waals surface area contributed by atoms with Crippen molar-refractivity contribution in [3.8, 4) is 0 Å². The molecule has 138 valence electrons. The number of aldehydes is 1. The monoisotopic (exact) mass is 348 g/mol. The second-order valence-corrected chi connectivity index (χ2v) is 7.30. The zero-order valence-corrected chi connectivity index (χ0v) is 15.5. The van der Waals surface area contributed by atoms with Crippen LogP contribution in [0.1, 0.15) is 40.2 Å². The minimum Gasteiger partial charge on any atom is -0.444 e. The zero-order valence-electron chi connectivity index (χ0n) is 15.5. The number of alkyl carbamates (subject to hydrolysis) is 1. The van der Waals surface area contributed by atoms with Crippen molar-refractivity contribution in [2.24, 2.45) is 5.92 Å². The van der Waals surface area contributed by atoms with Gasteiger partial charge in [-0.05, 0) is 32.3 Å². The van der Waals surface area contributed by atoms with Crippen molar-refractivity contribution in [3.63, 3.8) is 0 Å². The second kappa shape index (κ2) is 9.20. The van der Waals surface area contributed by atoms with E-state index in [4.69, 9.17) is 4.74 Å². The number of carbonyl (C=O) groups is 3. The summed E-state index contributed by atoms with van der Waals surface area (Å²) >= 11 is 0. The molecule has 6 nitrogen and oxygen atoms in total. The van der Waals surface area contributed by atoms with Crippen LogP contribution in [-0.2, 0) is 20.7 Å². The van der Waals surface area contributed by atoms with Gasteiger partial charge >= 0.3 is 6.09 Å². The van der Waals surface area contributed by atoms with Crippen LogP contribution in [0.25, 0.3) is 0 Å². The van der Waals surface area contributed by atoms with Gasteiger partial charge in [0.15, 0.2) is 0 Å². The Hall–Kier alpha value is -2.37. The fourth-order valence-electron chi connectivity index (χ4n) is 2.13. The number of hydrogen-bond acceptors (Lipinski definition) is 4. The maximum absolute atomic E-state index is 12.6. The topological polar surface area (TPSA) is 84.5 Å². The maximum Gasteiger partial charge on any atom is 0.408 e. The van der Waals surface area contributed by atoms with E-state index in [-0.39, 0.29) is 5.92 Å². The van der Waals surface area contributed by atoms with Gasteiger partial charge in [0.1, 0.15) is 17.9 Å². The molecular weight excluding hydrogens is 320 g/mol. The smallest absolute Gasteiger partial charge is 0.408 e. The van der Waals surface area contributed by atoms with E-state index < -0.39 is 29.7 Å². The van der Waals surface area contributed by atoms with Gasteiger partial charge in [-0.1, -0.05) is 44.2 Å². The van der Waals surface area contributed by atoms with E-state index in [1.807, 2.05) is 44.2 Å². The van der Waals surface area contributed by atoms with Gasteiger partial charge < -0.3 is 20.2 Å². The molecule has 2 atom stereocenters. The second-order valence-electron chi connectivity index (χ2n) is 7.30. The van der Waals surface area contributed by atoms with Gasteiger partial charge in [0.05, 0.1) is 6.04 Å². The average Bonchev–Trinajstić information content (AvgIpc) is 2.50. The standard InChI is InChI=1S/C19H28N2O4/c1-13(2)16(12-22)20-17(23)15(11-14-9-7-6-8-10-14)21-18(24)25-19(3,4)5/h6-10,12-13,15-16H,11H2,1-5H3,(H,20,23)(H,21,24)/t15-,16+/m0/s1. The molecule has 0 heterocycles. The van der Waals surface area contributed by atoms with Crippen LogP contribution in [-0.4, -0.2) is 36.0 Å². The summed E-state index contributed by atoms with van der Waals surface area (Å²) in [5.74, 6) is -0.458. The molecule has 0 spiro atoms. The van der Waals surface area contributed by atoms with Crippen LogP contribution < -0.4 is 10.6 Å². The molecule has 0 fully saturated rings. The normalized spacial score (nSPS) is 13.7. The maximum atomic E-state index is 12.6. The van der Waals surface area contributed by atoms with E-state index in [1.54, 1.807) is 20.8 Å². The van der Waals surface area contributed by atoms with E-state index in [9.17, 15) is 14.4 Å². The average molecular weight is 348 g/mol. The van der Waals surface area contributed by atoms with E-state index >= 15 is 0 Å². The zero-order chi connectivity index (χ0) is 19.0. The number of benzene rings is 1. The molecule has 0 aliphatic rings. The lowest BCUT2D eigenvalue weighted by atomic mass is 10.0. The molecule has 1 aromatic rings. The minimum atomic E-state index is -0.835. The summed E-state index contributed by atoms with van der Waals surface area (Å²) in [6.07, 6.45) is 0.335. The SMILES string of the molecule is CC(C)[C@@H](C=O)NC(=O)[C@H](Cc1ccccc1)NC(=O)OC(C)(C)C. The molecule has 6 heteroatoms. The summed E-state index contributed by atoms with van der Waals surface area (Å²) in [6, 6.07) is 7.90. The third-order valence-corrected chi connectivity index (χ3v) is 3.46. The predicted molar refractivity (Wildman–Crippen MR) is 96.1 cm³/mol. The van der Waals surface area contributed by atoms with Crippen LogP contribution >= 0.6 is 0 Å². The summed E-state index contributed by atoms with van der Waals surface area (Å²) in [4.78, 5) is 35.8. The lowest BCUT2D eigenvalue weighted by Gasteiger charge is -2.25. The highest BCUT2D eigenvalue weighted by molar-refractivity contribution is 5.87. The van der Waals surface area contributed by atoms with Crippen molar-refractivity contribution in [3.05, 3.63) is 35.9 Å². The van der Waals surface area contributed by atoms with E-state index in [0.29, 0.717) is 12.7 Å². The highest BCUT2D eigenvalue weighted by atomic mass is 16.6. The summed E-state index contributed by atoms with van der Waals surface area (Å²) in [7, 11) is 0. The van der Waals surface area contributed by atoms with Crippen molar-refractivity contribution < 1.29 is 19.1 Å². The Morgan fingerprint density at radius 3 is 2.20 bits per heavy atom. The highest BCUT2D eigenvalue weighted by Crippen LogP contribution is 2.09. The number of hydrogen-bond donors (Lipinski definition) is 2. The molecule has 25 heavy (non-hydrogen) atoms. The molecule has 0 aliphatic heterocycles. The number of ether oxygens (including phenoxy) is 1. The quantitative estimate of drug-likeness (QED) is 0.741. The lowest BCUT2D eigenvalue weighted by Crippen LogP contribution is -2.53. The Morgan fingerprint density at radius 1 is 1.12 bits per heavy atom. The van der Waals surface area contributed by atoms with Gasteiger partial charge in [0.2, 0.25) is 5.91 Å². The summed E-state index contributed by atoms with van der Waals surface area (Å²) in [5.41, 5.74) is 0.229. The van der Waals surface area contributed by atoms with Gasteiger partial charge in [0.25, 0.3) is 0 Å². The Balaban J connectivity index is 2.88. The number of nitrogens with one attached hydrogen (secondary N) is 2. The largest absolute Gasteiger partial charge is 0.444 e. The van der Waals surface area contributed by atoms with Crippen molar-refractivity contribution in [1.29, 1.82) is 0 Å². The van der Waals surface area contributed by atoms with Gasteiger partial charge in [-0.25, -0.2) is 4.79 Å². The summed E-state index contributed by atoms with van der Waals surface area (Å²) < 4.78 is 5.24. The van der Waals surface area contributed by atoms with Crippen molar-refractivity contribution in [1.82, 2.24) is 10.6 Å². The molecule has 1 aromatic carbocycles. The molecule has 0 aliphatic carbocycles. The first-order valence-corrected chi connectivity index (χ1v) is 8.41. The molecule has 0 saturated heterocycles. The molecule has 0 unspecified atom stereocenters. The molecule has 0 bridgehead atoms. The van der Waals surface area contributed by atoms with Crippen LogP contribution in [0.15, 0.2) is 30.3 Å². The Bertz CT molecular complexity index is 579.